The van der Waals surface area contributed by atoms with Crippen molar-refractivity contribution >= 4 is 28.3 Å². The molecule has 2 saturated heterocycles. The standard InChI is InChI=1S/C31H40N4O/c1-3-6-24-7-9-25(10-8-24)11-14-31(36)32-26-12-13-29-28(22-26)23(2)21-30(33-29)35-19-15-27(16-20-35)34-17-4-5-18-34/h7-10,12-13,21-22,27H,3-6,11,14-20H2,1-2H3,(H,32,36). The number of pyridine rings is 1. The second-order valence-corrected chi connectivity index (χ2v) is 10.6. The number of piperidine rings is 1. The molecule has 5 rings (SSSR count). The highest BCUT2D eigenvalue weighted by atomic mass is 16.1. The summed E-state index contributed by atoms with van der Waals surface area (Å²) in [4.78, 5) is 22.8. The molecule has 2 aliphatic rings. The normalized spacial score (nSPS) is 17.1. The van der Waals surface area contributed by atoms with Crippen molar-refractivity contribution in [1.82, 2.24) is 9.88 Å². The lowest BCUT2D eigenvalue weighted by Gasteiger charge is -2.37. The summed E-state index contributed by atoms with van der Waals surface area (Å²) in [5.74, 6) is 1.14. The number of hydrogen-bond donors (Lipinski definition) is 1. The third kappa shape index (κ3) is 5.89. The molecule has 1 aromatic heterocycles. The van der Waals surface area contributed by atoms with Crippen LogP contribution in [0.1, 0.15) is 62.1 Å². The van der Waals surface area contributed by atoms with Gasteiger partial charge in [-0.2, -0.15) is 0 Å². The number of benzene rings is 2. The van der Waals surface area contributed by atoms with Crippen molar-refractivity contribution in [3.05, 3.63) is 65.2 Å². The summed E-state index contributed by atoms with van der Waals surface area (Å²) >= 11 is 0. The molecule has 3 aromatic rings. The maximum absolute atomic E-state index is 12.6. The Morgan fingerprint density at radius 2 is 1.64 bits per heavy atom. The summed E-state index contributed by atoms with van der Waals surface area (Å²) in [5.41, 5.74) is 5.62. The summed E-state index contributed by atoms with van der Waals surface area (Å²) in [6.45, 7) is 9.06. The van der Waals surface area contributed by atoms with E-state index >= 15 is 0 Å². The summed E-state index contributed by atoms with van der Waals surface area (Å²) in [5, 5.41) is 4.20. The molecule has 0 aliphatic carbocycles. The van der Waals surface area contributed by atoms with Gasteiger partial charge in [0.05, 0.1) is 5.52 Å². The van der Waals surface area contributed by atoms with Gasteiger partial charge in [0.15, 0.2) is 0 Å². The van der Waals surface area contributed by atoms with E-state index in [1.807, 2.05) is 12.1 Å². The molecule has 5 nitrogen and oxygen atoms in total. The van der Waals surface area contributed by atoms with E-state index < -0.39 is 0 Å². The predicted molar refractivity (Wildman–Crippen MR) is 150 cm³/mol. The Hall–Kier alpha value is -2.92. The average Bonchev–Trinajstić information content (AvgIpc) is 3.44. The highest BCUT2D eigenvalue weighted by molar-refractivity contribution is 5.94. The molecule has 3 heterocycles. The van der Waals surface area contributed by atoms with Crippen LogP contribution in [-0.2, 0) is 17.6 Å². The Morgan fingerprint density at radius 3 is 2.33 bits per heavy atom. The average molecular weight is 485 g/mol. The van der Waals surface area contributed by atoms with Crippen LogP contribution in [-0.4, -0.2) is 48.0 Å². The van der Waals surface area contributed by atoms with Gasteiger partial charge in [-0.15, -0.1) is 0 Å². The first-order valence-corrected chi connectivity index (χ1v) is 13.9. The van der Waals surface area contributed by atoms with E-state index in [4.69, 9.17) is 4.98 Å². The molecule has 0 radical (unpaired) electrons. The molecule has 0 spiro atoms. The number of nitrogens with zero attached hydrogens (tertiary/aromatic N) is 3. The third-order valence-corrected chi connectivity index (χ3v) is 7.93. The molecular weight excluding hydrogens is 444 g/mol. The van der Waals surface area contributed by atoms with E-state index in [1.165, 1.54) is 55.5 Å². The monoisotopic (exact) mass is 484 g/mol. The van der Waals surface area contributed by atoms with Crippen LogP contribution >= 0.6 is 0 Å². The molecule has 2 fully saturated rings. The van der Waals surface area contributed by atoms with Crippen molar-refractivity contribution in [1.29, 1.82) is 0 Å². The van der Waals surface area contributed by atoms with E-state index in [-0.39, 0.29) is 5.91 Å². The zero-order chi connectivity index (χ0) is 24.9. The number of carbonyl (C=O) groups is 1. The number of anilines is 2. The largest absolute Gasteiger partial charge is 0.356 e. The molecular formula is C31H40N4O. The van der Waals surface area contributed by atoms with Crippen molar-refractivity contribution in [3.63, 3.8) is 0 Å². The lowest BCUT2D eigenvalue weighted by Crippen LogP contribution is -2.44. The van der Waals surface area contributed by atoms with E-state index in [0.29, 0.717) is 6.42 Å². The Balaban J connectivity index is 1.18. The first-order chi connectivity index (χ1) is 17.6. The smallest absolute Gasteiger partial charge is 0.224 e. The van der Waals surface area contributed by atoms with Crippen molar-refractivity contribution < 1.29 is 4.79 Å². The number of fused-ring (bicyclic) bond motifs is 1. The molecule has 2 aromatic carbocycles. The highest BCUT2D eigenvalue weighted by Gasteiger charge is 2.27. The fraction of sp³-hybridized carbons (Fsp3) is 0.484. The second kappa shape index (κ2) is 11.4. The predicted octanol–water partition coefficient (Wildman–Crippen LogP) is 6.13. The lowest BCUT2D eigenvalue weighted by molar-refractivity contribution is -0.116. The van der Waals surface area contributed by atoms with Crippen LogP contribution in [0.4, 0.5) is 11.5 Å². The molecule has 5 heteroatoms. The number of rotatable bonds is 8. The van der Waals surface area contributed by atoms with Crippen LogP contribution in [0.25, 0.3) is 10.9 Å². The fourth-order valence-corrected chi connectivity index (χ4v) is 5.83. The van der Waals surface area contributed by atoms with Crippen molar-refractivity contribution in [2.45, 2.75) is 71.3 Å². The number of likely N-dealkylation sites (tertiary alicyclic amines) is 1. The Kier molecular flexibility index (Phi) is 7.86. The summed E-state index contributed by atoms with van der Waals surface area (Å²) in [6, 6.07) is 17.7. The van der Waals surface area contributed by atoms with Gasteiger partial charge in [-0.3, -0.25) is 4.79 Å². The topological polar surface area (TPSA) is 48.5 Å². The Labute approximate surface area is 215 Å². The van der Waals surface area contributed by atoms with Crippen LogP contribution in [0.3, 0.4) is 0 Å². The van der Waals surface area contributed by atoms with Crippen molar-refractivity contribution in [2.75, 3.05) is 36.4 Å². The first kappa shape index (κ1) is 24.8. The maximum atomic E-state index is 12.6. The first-order valence-electron chi connectivity index (χ1n) is 13.9. The van der Waals surface area contributed by atoms with Gasteiger partial charge >= 0.3 is 0 Å². The molecule has 1 amide bonds. The van der Waals surface area contributed by atoms with Crippen LogP contribution in [0.15, 0.2) is 48.5 Å². The van der Waals surface area contributed by atoms with Gasteiger partial charge in [-0.25, -0.2) is 4.98 Å². The van der Waals surface area contributed by atoms with Crippen LogP contribution in [0, 0.1) is 6.92 Å². The van der Waals surface area contributed by atoms with E-state index in [1.54, 1.807) is 0 Å². The van der Waals surface area contributed by atoms with Crippen LogP contribution in [0.2, 0.25) is 0 Å². The molecule has 36 heavy (non-hydrogen) atoms. The zero-order valence-corrected chi connectivity index (χ0v) is 21.9. The minimum absolute atomic E-state index is 0.0510. The molecule has 0 bridgehead atoms. The van der Waals surface area contributed by atoms with E-state index in [2.05, 4.69) is 65.4 Å². The van der Waals surface area contributed by atoms with Gasteiger partial charge in [-0.1, -0.05) is 37.6 Å². The van der Waals surface area contributed by atoms with Gasteiger partial charge in [0.1, 0.15) is 5.82 Å². The molecule has 2 aliphatic heterocycles. The Bertz CT molecular complexity index is 1180. The van der Waals surface area contributed by atoms with Gasteiger partial charge < -0.3 is 15.1 Å². The van der Waals surface area contributed by atoms with Crippen LogP contribution in [0.5, 0.6) is 0 Å². The minimum Gasteiger partial charge on any atom is -0.356 e. The molecule has 0 saturated carbocycles. The molecule has 0 unspecified atom stereocenters. The van der Waals surface area contributed by atoms with Crippen molar-refractivity contribution in [3.8, 4) is 0 Å². The van der Waals surface area contributed by atoms with Gasteiger partial charge in [0.25, 0.3) is 0 Å². The van der Waals surface area contributed by atoms with Gasteiger partial charge in [0.2, 0.25) is 5.91 Å². The summed E-state index contributed by atoms with van der Waals surface area (Å²) in [6.07, 6.45) is 8.68. The fourth-order valence-electron chi connectivity index (χ4n) is 5.83. The number of carbonyl (C=O) groups excluding carboxylic acids is 1. The number of aromatic nitrogens is 1. The number of nitrogens with one attached hydrogen (secondary N) is 1. The minimum atomic E-state index is 0.0510. The van der Waals surface area contributed by atoms with E-state index in [9.17, 15) is 4.79 Å². The lowest BCUT2D eigenvalue weighted by atomic mass is 10.0. The number of amides is 1. The van der Waals surface area contributed by atoms with Crippen LogP contribution < -0.4 is 10.2 Å². The Morgan fingerprint density at radius 1 is 0.944 bits per heavy atom. The quantitative estimate of drug-likeness (QED) is 0.418. The van der Waals surface area contributed by atoms with Gasteiger partial charge in [-0.05, 0) is 99.5 Å². The zero-order valence-electron chi connectivity index (χ0n) is 21.9. The SMILES string of the molecule is CCCc1ccc(CCC(=O)Nc2ccc3nc(N4CCC(N5CCCC5)CC4)cc(C)c3c2)cc1. The highest BCUT2D eigenvalue weighted by Crippen LogP contribution is 2.28. The summed E-state index contributed by atoms with van der Waals surface area (Å²) in [7, 11) is 0. The maximum Gasteiger partial charge on any atom is 0.224 e. The number of aryl methyl sites for hydroxylation is 3. The summed E-state index contributed by atoms with van der Waals surface area (Å²) < 4.78 is 0. The second-order valence-electron chi connectivity index (χ2n) is 10.6. The molecule has 190 valence electrons. The van der Waals surface area contributed by atoms with Gasteiger partial charge in [0, 0.05) is 36.6 Å². The molecule has 1 N–H and O–H groups in total. The van der Waals surface area contributed by atoms with Crippen molar-refractivity contribution in [2.24, 2.45) is 0 Å². The number of hydrogen-bond acceptors (Lipinski definition) is 4. The van der Waals surface area contributed by atoms with E-state index in [0.717, 1.165) is 60.8 Å². The molecule has 0 atom stereocenters. The third-order valence-electron chi connectivity index (χ3n) is 7.93.